The number of hydrogen-bond donors (Lipinski definition) is 0. The number of carboxylic acid groups (broad SMARTS) is 2. The summed E-state index contributed by atoms with van der Waals surface area (Å²) in [6, 6.07) is 5.85. The summed E-state index contributed by atoms with van der Waals surface area (Å²) in [4.78, 5) is 21.6. The Morgan fingerprint density at radius 2 is 1.67 bits per heavy atom. The molecule has 4 heteroatoms. The summed E-state index contributed by atoms with van der Waals surface area (Å²) in [6.45, 7) is 2.79. The second-order valence-electron chi connectivity index (χ2n) is 3.75. The summed E-state index contributed by atoms with van der Waals surface area (Å²) in [5.74, 6) is -2.71. The average molecular weight is 206 g/mol. The van der Waals surface area contributed by atoms with E-state index in [0.717, 1.165) is 0 Å². The lowest BCUT2D eigenvalue weighted by atomic mass is 9.82. The lowest BCUT2D eigenvalue weighted by Gasteiger charge is -2.29. The molecule has 0 unspecified atom stereocenters. The highest BCUT2D eigenvalue weighted by Crippen LogP contribution is 2.25. The third-order valence-corrected chi connectivity index (χ3v) is 2.33. The molecule has 1 rings (SSSR count). The van der Waals surface area contributed by atoms with E-state index in [1.165, 1.54) is 32.0 Å². The molecule has 0 N–H and O–H groups in total. The van der Waals surface area contributed by atoms with Gasteiger partial charge >= 0.3 is 0 Å². The molecule has 0 bridgehead atoms. The molecule has 0 spiro atoms. The zero-order valence-corrected chi connectivity index (χ0v) is 8.44. The summed E-state index contributed by atoms with van der Waals surface area (Å²) in [6.07, 6.45) is 0. The molecule has 15 heavy (non-hydrogen) atoms. The third kappa shape index (κ3) is 1.98. The van der Waals surface area contributed by atoms with Crippen LogP contribution in [-0.2, 0) is 10.2 Å². The van der Waals surface area contributed by atoms with E-state index in [-0.39, 0.29) is 11.1 Å². The van der Waals surface area contributed by atoms with E-state index < -0.39 is 17.4 Å². The molecular formula is C11H10O4-2. The van der Waals surface area contributed by atoms with Gasteiger partial charge in [-0.1, -0.05) is 38.1 Å². The molecule has 0 aliphatic heterocycles. The molecule has 1 aromatic rings. The van der Waals surface area contributed by atoms with Crippen LogP contribution in [0.4, 0.5) is 0 Å². The van der Waals surface area contributed by atoms with E-state index >= 15 is 0 Å². The topological polar surface area (TPSA) is 80.3 Å². The smallest absolute Gasteiger partial charge is 0.0718 e. The minimum atomic E-state index is -1.39. The highest BCUT2D eigenvalue weighted by atomic mass is 16.4. The van der Waals surface area contributed by atoms with E-state index in [2.05, 4.69) is 0 Å². The van der Waals surface area contributed by atoms with Crippen LogP contribution in [0.25, 0.3) is 0 Å². The van der Waals surface area contributed by atoms with Crippen LogP contribution in [0.5, 0.6) is 0 Å². The molecule has 0 heterocycles. The van der Waals surface area contributed by atoms with Gasteiger partial charge in [-0.25, -0.2) is 0 Å². The van der Waals surface area contributed by atoms with Gasteiger partial charge in [0.2, 0.25) is 0 Å². The van der Waals surface area contributed by atoms with Gasteiger partial charge in [-0.2, -0.15) is 0 Å². The van der Waals surface area contributed by atoms with Crippen molar-refractivity contribution in [2.45, 2.75) is 19.3 Å². The van der Waals surface area contributed by atoms with Crippen molar-refractivity contribution in [3.8, 4) is 0 Å². The first kappa shape index (κ1) is 11.2. The van der Waals surface area contributed by atoms with Crippen molar-refractivity contribution in [2.75, 3.05) is 0 Å². The van der Waals surface area contributed by atoms with E-state index in [1.807, 2.05) is 0 Å². The van der Waals surface area contributed by atoms with Gasteiger partial charge in [-0.3, -0.25) is 0 Å². The third-order valence-electron chi connectivity index (χ3n) is 2.33. The predicted octanol–water partition coefficient (Wildman–Crippen LogP) is -0.922. The normalized spacial score (nSPS) is 11.1. The number of aliphatic carboxylic acids is 1. The highest BCUT2D eigenvalue weighted by Gasteiger charge is 2.24. The molecule has 0 atom stereocenters. The maximum atomic E-state index is 10.9. The minimum absolute atomic E-state index is 0.119. The van der Waals surface area contributed by atoms with Crippen LogP contribution in [0.3, 0.4) is 0 Å². The lowest BCUT2D eigenvalue weighted by molar-refractivity contribution is -0.312. The van der Waals surface area contributed by atoms with Gasteiger partial charge in [0.25, 0.3) is 0 Å². The quantitative estimate of drug-likeness (QED) is 0.640. The Morgan fingerprint density at radius 3 is 2.13 bits per heavy atom. The molecule has 1 aromatic carbocycles. The molecule has 0 aliphatic rings. The number of benzene rings is 1. The van der Waals surface area contributed by atoms with Crippen LogP contribution < -0.4 is 10.2 Å². The van der Waals surface area contributed by atoms with Crippen molar-refractivity contribution in [3.05, 3.63) is 35.4 Å². The molecule has 0 radical (unpaired) electrons. The molecule has 80 valence electrons. The fourth-order valence-corrected chi connectivity index (χ4v) is 1.32. The Morgan fingerprint density at radius 1 is 1.13 bits per heavy atom. The number of carboxylic acids is 2. The van der Waals surface area contributed by atoms with Gasteiger partial charge in [0, 0.05) is 11.0 Å². The minimum Gasteiger partial charge on any atom is -0.549 e. The number of carbonyl (C=O) groups excluding carboxylic acids is 2. The zero-order valence-electron chi connectivity index (χ0n) is 8.44. The van der Waals surface area contributed by atoms with Crippen LogP contribution in [0.15, 0.2) is 24.3 Å². The SMILES string of the molecule is CC(C)(C(=O)[O-])c1ccccc1C(=O)[O-]. The summed E-state index contributed by atoms with van der Waals surface area (Å²) < 4.78 is 0. The van der Waals surface area contributed by atoms with Gasteiger partial charge in [0.15, 0.2) is 0 Å². The zero-order chi connectivity index (χ0) is 11.6. The van der Waals surface area contributed by atoms with Crippen LogP contribution in [0.1, 0.15) is 29.8 Å². The summed E-state index contributed by atoms with van der Waals surface area (Å²) in [5, 5.41) is 21.6. The van der Waals surface area contributed by atoms with Gasteiger partial charge in [0.1, 0.15) is 0 Å². The van der Waals surface area contributed by atoms with E-state index in [0.29, 0.717) is 0 Å². The first-order valence-electron chi connectivity index (χ1n) is 4.39. The van der Waals surface area contributed by atoms with Gasteiger partial charge in [-0.05, 0) is 5.56 Å². The Balaban J connectivity index is 3.37. The standard InChI is InChI=1S/C11H12O4/c1-11(2,10(14)15)8-6-4-3-5-7(8)9(12)13/h3-6H,1-2H3,(H,12,13)(H,14,15)/p-2. The molecular weight excluding hydrogens is 196 g/mol. The maximum absolute atomic E-state index is 10.9. The second kappa shape index (κ2) is 3.73. The Kier molecular flexibility index (Phi) is 2.79. The van der Waals surface area contributed by atoms with Gasteiger partial charge < -0.3 is 19.8 Å². The fraction of sp³-hybridized carbons (Fsp3) is 0.273. The summed E-state index contributed by atoms with van der Waals surface area (Å²) in [7, 11) is 0. The first-order chi connectivity index (χ1) is 6.87. The van der Waals surface area contributed by atoms with Crippen molar-refractivity contribution >= 4 is 11.9 Å². The Labute approximate surface area is 87.2 Å². The predicted molar refractivity (Wildman–Crippen MR) is 48.8 cm³/mol. The Hall–Kier alpha value is -1.84. The number of rotatable bonds is 3. The monoisotopic (exact) mass is 206 g/mol. The summed E-state index contributed by atoms with van der Waals surface area (Å²) >= 11 is 0. The molecule has 0 aliphatic carbocycles. The van der Waals surface area contributed by atoms with Crippen LogP contribution in [0.2, 0.25) is 0 Å². The highest BCUT2D eigenvalue weighted by molar-refractivity contribution is 5.91. The van der Waals surface area contributed by atoms with Gasteiger partial charge in [-0.15, -0.1) is 0 Å². The molecule has 0 saturated heterocycles. The van der Waals surface area contributed by atoms with Crippen molar-refractivity contribution < 1.29 is 19.8 Å². The molecule has 0 amide bonds. The largest absolute Gasteiger partial charge is 0.549 e. The van der Waals surface area contributed by atoms with E-state index in [9.17, 15) is 19.8 Å². The average Bonchev–Trinajstić information content (AvgIpc) is 2.17. The van der Waals surface area contributed by atoms with Crippen molar-refractivity contribution in [1.82, 2.24) is 0 Å². The number of hydrogen-bond acceptors (Lipinski definition) is 4. The van der Waals surface area contributed by atoms with Gasteiger partial charge in [0.05, 0.1) is 11.9 Å². The molecule has 4 nitrogen and oxygen atoms in total. The van der Waals surface area contributed by atoms with Crippen LogP contribution in [-0.4, -0.2) is 11.9 Å². The van der Waals surface area contributed by atoms with Crippen molar-refractivity contribution in [2.24, 2.45) is 0 Å². The number of aromatic carboxylic acids is 1. The number of carbonyl (C=O) groups is 2. The van der Waals surface area contributed by atoms with E-state index in [4.69, 9.17) is 0 Å². The Bertz CT molecular complexity index is 407. The summed E-state index contributed by atoms with van der Waals surface area (Å²) in [5.41, 5.74) is -1.28. The molecule has 0 aromatic heterocycles. The maximum Gasteiger partial charge on any atom is 0.0718 e. The molecule has 0 saturated carbocycles. The fourth-order valence-electron chi connectivity index (χ4n) is 1.32. The van der Waals surface area contributed by atoms with Crippen molar-refractivity contribution in [3.63, 3.8) is 0 Å². The first-order valence-corrected chi connectivity index (χ1v) is 4.39. The van der Waals surface area contributed by atoms with E-state index in [1.54, 1.807) is 6.07 Å². The van der Waals surface area contributed by atoms with Crippen LogP contribution in [0, 0.1) is 0 Å². The van der Waals surface area contributed by atoms with Crippen molar-refractivity contribution in [1.29, 1.82) is 0 Å². The lowest BCUT2D eigenvalue weighted by Crippen LogP contribution is -2.43. The molecule has 0 fully saturated rings. The van der Waals surface area contributed by atoms with Crippen LogP contribution >= 0.6 is 0 Å². The second-order valence-corrected chi connectivity index (χ2v) is 3.75.